The summed E-state index contributed by atoms with van der Waals surface area (Å²) in [6, 6.07) is 10.3. The van der Waals surface area contributed by atoms with E-state index in [2.05, 4.69) is 54.5 Å². The van der Waals surface area contributed by atoms with E-state index in [1.807, 2.05) is 24.4 Å². The molecule has 162 valence electrons. The maximum Gasteiger partial charge on any atom is 0.271 e. The van der Waals surface area contributed by atoms with Gasteiger partial charge in [0.1, 0.15) is 11.4 Å². The molecule has 0 bridgehead atoms. The number of hydrogen-bond donors (Lipinski definition) is 2. The first-order valence-corrected chi connectivity index (χ1v) is 11.0. The number of nitrogens with one attached hydrogen (secondary N) is 2. The molecule has 1 aromatic heterocycles. The van der Waals surface area contributed by atoms with Crippen molar-refractivity contribution in [2.45, 2.75) is 6.54 Å². The number of anilines is 3. The summed E-state index contributed by atoms with van der Waals surface area (Å²) in [5, 5.41) is 6.56. The van der Waals surface area contributed by atoms with Crippen molar-refractivity contribution < 1.29 is 4.79 Å². The lowest BCUT2D eigenvalue weighted by molar-refractivity contribution is -0.114. The predicted molar refractivity (Wildman–Crippen MR) is 123 cm³/mol. The van der Waals surface area contributed by atoms with Gasteiger partial charge < -0.3 is 20.4 Å². The Kier molecular flexibility index (Phi) is 5.57. The normalized spacial score (nSPS) is 18.7. The highest BCUT2D eigenvalue weighted by molar-refractivity contribution is 6.46. The van der Waals surface area contributed by atoms with E-state index in [1.165, 1.54) is 0 Å². The van der Waals surface area contributed by atoms with Crippen LogP contribution in [0, 0.1) is 0 Å². The first-order chi connectivity index (χ1) is 15.2. The molecular formula is C23H29N7O. The molecule has 0 atom stereocenters. The third kappa shape index (κ3) is 4.00. The first-order valence-electron chi connectivity index (χ1n) is 11.0. The Labute approximate surface area is 183 Å². The summed E-state index contributed by atoms with van der Waals surface area (Å²) in [5.41, 5.74) is 5.41. The second-order valence-corrected chi connectivity index (χ2v) is 8.33. The van der Waals surface area contributed by atoms with Gasteiger partial charge in [-0.25, -0.2) is 0 Å². The number of rotatable bonds is 5. The summed E-state index contributed by atoms with van der Waals surface area (Å²) >= 11 is 0. The number of para-hydroxylation sites is 1. The van der Waals surface area contributed by atoms with Gasteiger partial charge in [0.25, 0.3) is 5.91 Å². The van der Waals surface area contributed by atoms with Gasteiger partial charge in [-0.2, -0.15) is 0 Å². The molecule has 2 N–H and O–H groups in total. The molecule has 2 aromatic rings. The fourth-order valence-corrected chi connectivity index (χ4v) is 4.49. The van der Waals surface area contributed by atoms with E-state index in [-0.39, 0.29) is 5.91 Å². The van der Waals surface area contributed by atoms with Crippen molar-refractivity contribution in [3.8, 4) is 0 Å². The van der Waals surface area contributed by atoms with Crippen LogP contribution in [-0.2, 0) is 11.3 Å². The molecule has 0 spiro atoms. The van der Waals surface area contributed by atoms with Crippen LogP contribution in [0.2, 0.25) is 0 Å². The summed E-state index contributed by atoms with van der Waals surface area (Å²) in [6.07, 6.45) is 1.87. The van der Waals surface area contributed by atoms with E-state index >= 15 is 0 Å². The van der Waals surface area contributed by atoms with Crippen LogP contribution < -0.4 is 15.5 Å². The minimum Gasteiger partial charge on any atom is -0.381 e. The van der Waals surface area contributed by atoms with Crippen LogP contribution in [0.4, 0.5) is 17.1 Å². The van der Waals surface area contributed by atoms with Crippen LogP contribution in [0.25, 0.3) is 0 Å². The van der Waals surface area contributed by atoms with E-state index in [0.717, 1.165) is 68.4 Å². The number of hydrogen-bond acceptors (Lipinski definition) is 7. The number of carbonyl (C=O) groups is 1. The quantitative estimate of drug-likeness (QED) is 0.761. The zero-order valence-corrected chi connectivity index (χ0v) is 18.0. The Balaban J connectivity index is 1.27. The molecule has 31 heavy (non-hydrogen) atoms. The number of piperazine rings is 1. The van der Waals surface area contributed by atoms with Gasteiger partial charge in [-0.1, -0.05) is 18.2 Å². The summed E-state index contributed by atoms with van der Waals surface area (Å²) in [7, 11) is 2.15. The van der Waals surface area contributed by atoms with Crippen molar-refractivity contribution in [2.75, 3.05) is 69.6 Å². The van der Waals surface area contributed by atoms with Crippen LogP contribution in [-0.4, -0.2) is 85.8 Å². The predicted octanol–water partition coefficient (Wildman–Crippen LogP) is 1.31. The lowest BCUT2D eigenvalue weighted by Gasteiger charge is -2.33. The zero-order valence-electron chi connectivity index (χ0n) is 18.0. The van der Waals surface area contributed by atoms with Gasteiger partial charge >= 0.3 is 0 Å². The number of likely N-dealkylation sites (N-methyl/N-ethyl adjacent to an activating group) is 1. The van der Waals surface area contributed by atoms with Crippen LogP contribution in [0.5, 0.6) is 0 Å². The van der Waals surface area contributed by atoms with Crippen LogP contribution in [0.15, 0.2) is 41.5 Å². The van der Waals surface area contributed by atoms with Crippen LogP contribution in [0.3, 0.4) is 0 Å². The first kappa shape index (κ1) is 20.0. The van der Waals surface area contributed by atoms with Gasteiger partial charge in [-0.3, -0.25) is 19.7 Å². The minimum atomic E-state index is -0.129. The highest BCUT2D eigenvalue weighted by Gasteiger charge is 2.30. The Hall–Kier alpha value is -2.97. The van der Waals surface area contributed by atoms with E-state index in [9.17, 15) is 4.79 Å². The molecular weight excluding hydrogens is 390 g/mol. The van der Waals surface area contributed by atoms with E-state index in [4.69, 9.17) is 0 Å². The Morgan fingerprint density at radius 3 is 2.74 bits per heavy atom. The van der Waals surface area contributed by atoms with Crippen LogP contribution >= 0.6 is 0 Å². The molecule has 0 radical (unpaired) electrons. The summed E-state index contributed by atoms with van der Waals surface area (Å²) in [5.74, 6) is -0.129. The van der Waals surface area contributed by atoms with Crippen molar-refractivity contribution in [3.63, 3.8) is 0 Å². The third-order valence-electron chi connectivity index (χ3n) is 6.30. The number of fused-ring (bicyclic) bond motifs is 3. The maximum absolute atomic E-state index is 12.8. The van der Waals surface area contributed by atoms with E-state index in [1.54, 1.807) is 0 Å². The van der Waals surface area contributed by atoms with E-state index < -0.39 is 0 Å². The van der Waals surface area contributed by atoms with Gasteiger partial charge in [0, 0.05) is 63.6 Å². The lowest BCUT2D eigenvalue weighted by Crippen LogP contribution is -2.47. The molecule has 1 aromatic carbocycles. The molecule has 1 amide bonds. The molecule has 8 heteroatoms. The molecule has 0 aliphatic carbocycles. The van der Waals surface area contributed by atoms with Crippen molar-refractivity contribution in [1.29, 1.82) is 0 Å². The summed E-state index contributed by atoms with van der Waals surface area (Å²) in [4.78, 5) is 29.0. The van der Waals surface area contributed by atoms with Gasteiger partial charge in [-0.15, -0.1) is 0 Å². The summed E-state index contributed by atoms with van der Waals surface area (Å²) in [6.45, 7) is 7.95. The average molecular weight is 420 g/mol. The standard InChI is InChI=1S/C23H29N7O/c1-28-11-13-29(14-12-28)9-7-25-23(31)22-21-18(15-26-22)20-19(16-27-21)30(10-8-24-20)17-5-3-2-4-6-17/h2-6,16,24H,7-15H2,1H3,(H,25,31). The van der Waals surface area contributed by atoms with Gasteiger partial charge in [0.15, 0.2) is 0 Å². The van der Waals surface area contributed by atoms with Crippen LogP contribution in [0.1, 0.15) is 11.3 Å². The molecule has 0 unspecified atom stereocenters. The summed E-state index contributed by atoms with van der Waals surface area (Å²) < 4.78 is 0. The fraction of sp³-hybridized carbons (Fsp3) is 0.435. The number of benzene rings is 1. The highest BCUT2D eigenvalue weighted by Crippen LogP contribution is 2.39. The smallest absolute Gasteiger partial charge is 0.271 e. The monoisotopic (exact) mass is 419 g/mol. The number of aromatic nitrogens is 1. The molecule has 0 saturated carbocycles. The lowest BCUT2D eigenvalue weighted by atomic mass is 10.1. The van der Waals surface area contributed by atoms with Crippen molar-refractivity contribution in [2.24, 2.45) is 4.99 Å². The highest BCUT2D eigenvalue weighted by atomic mass is 16.1. The number of pyridine rings is 1. The molecule has 3 aliphatic rings. The average Bonchev–Trinajstić information content (AvgIpc) is 3.25. The number of nitrogens with zero attached hydrogens (tertiary/aromatic N) is 5. The second-order valence-electron chi connectivity index (χ2n) is 8.33. The van der Waals surface area contributed by atoms with Gasteiger partial charge in [-0.05, 0) is 19.2 Å². The number of aliphatic imine (C=N–C) groups is 1. The van der Waals surface area contributed by atoms with Crippen molar-refractivity contribution in [3.05, 3.63) is 47.8 Å². The maximum atomic E-state index is 12.8. The van der Waals surface area contributed by atoms with Crippen molar-refractivity contribution >= 4 is 28.7 Å². The molecule has 1 saturated heterocycles. The Morgan fingerprint density at radius 1 is 1.13 bits per heavy atom. The molecule has 3 aliphatic heterocycles. The molecule has 8 nitrogen and oxygen atoms in total. The molecule has 1 fully saturated rings. The van der Waals surface area contributed by atoms with E-state index in [0.29, 0.717) is 24.5 Å². The minimum absolute atomic E-state index is 0.129. The zero-order chi connectivity index (χ0) is 21.2. The Bertz CT molecular complexity index is 983. The van der Waals surface area contributed by atoms with Gasteiger partial charge in [0.05, 0.1) is 24.1 Å². The number of amides is 1. The second kappa shape index (κ2) is 8.64. The fourth-order valence-electron chi connectivity index (χ4n) is 4.49. The third-order valence-corrected chi connectivity index (χ3v) is 6.30. The largest absolute Gasteiger partial charge is 0.381 e. The van der Waals surface area contributed by atoms with Gasteiger partial charge in [0.2, 0.25) is 0 Å². The Morgan fingerprint density at radius 2 is 1.94 bits per heavy atom. The van der Waals surface area contributed by atoms with Crippen molar-refractivity contribution in [1.82, 2.24) is 20.1 Å². The topological polar surface area (TPSA) is 76.1 Å². The molecule has 4 heterocycles. The SMILES string of the molecule is CN1CCN(CCNC(=O)C2=NCc3c2ncc2c3NCCN2c2ccccc2)CC1. The number of carbonyl (C=O) groups excluding carboxylic acids is 1. The molecule has 5 rings (SSSR count).